The van der Waals surface area contributed by atoms with Crippen LogP contribution in [0.25, 0.3) is 0 Å². The summed E-state index contributed by atoms with van der Waals surface area (Å²) < 4.78 is 5.22. The summed E-state index contributed by atoms with van der Waals surface area (Å²) in [6.07, 6.45) is 1.66. The van der Waals surface area contributed by atoms with Crippen molar-refractivity contribution in [2.24, 2.45) is 15.9 Å². The number of ether oxygens (including phenoxy) is 1. The summed E-state index contributed by atoms with van der Waals surface area (Å²) in [7, 11) is 1.66. The van der Waals surface area contributed by atoms with Gasteiger partial charge in [-0.25, -0.2) is 9.98 Å². The van der Waals surface area contributed by atoms with Crippen LogP contribution in [0.3, 0.4) is 0 Å². The molecular weight excluding hydrogens is 368 g/mol. The van der Waals surface area contributed by atoms with E-state index in [1.54, 1.807) is 7.11 Å². The van der Waals surface area contributed by atoms with Gasteiger partial charge in [-0.3, -0.25) is 0 Å². The molecule has 0 radical (unpaired) electrons. The van der Waals surface area contributed by atoms with Crippen LogP contribution in [0.4, 0.5) is 0 Å². The van der Waals surface area contributed by atoms with Gasteiger partial charge in [0.05, 0.1) is 26.1 Å². The number of nitrogens with zero attached hydrogens (tertiary/aromatic N) is 3. The summed E-state index contributed by atoms with van der Waals surface area (Å²) in [4.78, 5) is 11.5. The number of aliphatic hydroxyl groups excluding tert-OH is 1. The largest absolute Gasteiger partial charge is 0.497 e. The molecule has 1 aromatic rings. The van der Waals surface area contributed by atoms with Crippen molar-refractivity contribution in [1.29, 1.82) is 0 Å². The van der Waals surface area contributed by atoms with E-state index in [0.29, 0.717) is 12.5 Å². The Kier molecular flexibility index (Phi) is 6.64. The summed E-state index contributed by atoms with van der Waals surface area (Å²) in [5.74, 6) is 2.57. The van der Waals surface area contributed by atoms with E-state index in [1.165, 1.54) is 0 Å². The van der Waals surface area contributed by atoms with Gasteiger partial charge < -0.3 is 30.7 Å². The predicted molar refractivity (Wildman–Crippen MR) is 116 cm³/mol. The minimum Gasteiger partial charge on any atom is -0.497 e. The fourth-order valence-corrected chi connectivity index (χ4v) is 3.21. The van der Waals surface area contributed by atoms with Gasteiger partial charge in [0.2, 0.25) is 0 Å². The molecule has 3 rings (SSSR count). The molecule has 1 unspecified atom stereocenters. The molecule has 2 heterocycles. The van der Waals surface area contributed by atoms with Crippen LogP contribution < -0.4 is 20.7 Å². The van der Waals surface area contributed by atoms with E-state index in [1.807, 2.05) is 30.6 Å². The van der Waals surface area contributed by atoms with E-state index in [-0.39, 0.29) is 30.8 Å². The van der Waals surface area contributed by atoms with Crippen LogP contribution in [-0.2, 0) is 6.54 Å². The molecule has 4 N–H and O–H groups in total. The van der Waals surface area contributed by atoms with Gasteiger partial charge in [0.25, 0.3) is 0 Å². The predicted octanol–water partition coefficient (Wildman–Crippen LogP) is 1.60. The first kappa shape index (κ1) is 21.0. The number of aliphatic hydroxyl groups is 1. The Morgan fingerprint density at radius 2 is 1.93 bits per heavy atom. The maximum atomic E-state index is 9.70. The molecule has 2 atom stereocenters. The maximum absolute atomic E-state index is 9.70. The zero-order valence-electron chi connectivity index (χ0n) is 17.8. The second-order valence-corrected chi connectivity index (χ2v) is 7.90. The lowest BCUT2D eigenvalue weighted by atomic mass is 10.1. The van der Waals surface area contributed by atoms with Crippen LogP contribution in [0, 0.1) is 5.92 Å². The first-order chi connectivity index (χ1) is 13.9. The van der Waals surface area contributed by atoms with E-state index in [9.17, 15) is 5.11 Å². The van der Waals surface area contributed by atoms with Gasteiger partial charge in [-0.1, -0.05) is 26.0 Å². The third kappa shape index (κ3) is 4.82. The van der Waals surface area contributed by atoms with Crippen molar-refractivity contribution in [3.8, 4) is 5.75 Å². The zero-order chi connectivity index (χ0) is 21.0. The first-order valence-electron chi connectivity index (χ1n) is 10.1. The van der Waals surface area contributed by atoms with Crippen molar-refractivity contribution < 1.29 is 9.84 Å². The molecule has 0 bridgehead atoms. The Bertz CT molecular complexity index is 785. The van der Waals surface area contributed by atoms with Crippen LogP contribution in [0.2, 0.25) is 0 Å². The lowest BCUT2D eigenvalue weighted by Gasteiger charge is -2.32. The summed E-state index contributed by atoms with van der Waals surface area (Å²) in [5, 5.41) is 19.8. The number of hydrogen-bond acceptors (Lipinski definition) is 8. The first-order valence-corrected chi connectivity index (χ1v) is 10.1. The lowest BCUT2D eigenvalue weighted by Crippen LogP contribution is -2.52. The van der Waals surface area contributed by atoms with Gasteiger partial charge in [-0.2, -0.15) is 0 Å². The van der Waals surface area contributed by atoms with E-state index in [0.717, 1.165) is 22.8 Å². The quantitative estimate of drug-likeness (QED) is 0.530. The second kappa shape index (κ2) is 9.17. The second-order valence-electron chi connectivity index (χ2n) is 7.90. The summed E-state index contributed by atoms with van der Waals surface area (Å²) in [5.41, 5.74) is 2.00. The molecular formula is C21H32N6O2. The van der Waals surface area contributed by atoms with Crippen molar-refractivity contribution in [3.05, 3.63) is 41.3 Å². The molecule has 0 aliphatic carbocycles. The zero-order valence-corrected chi connectivity index (χ0v) is 17.8. The topological polar surface area (TPSA) is 93.5 Å². The number of nitrogens with one attached hydrogen (secondary N) is 3. The highest BCUT2D eigenvalue weighted by Gasteiger charge is 2.34. The molecule has 8 nitrogen and oxygen atoms in total. The normalized spacial score (nSPS) is 19.2. The molecule has 2 aliphatic heterocycles. The number of benzene rings is 1. The van der Waals surface area contributed by atoms with E-state index in [4.69, 9.17) is 9.73 Å². The minimum atomic E-state index is -0.191. The summed E-state index contributed by atoms with van der Waals surface area (Å²) >= 11 is 0. The monoisotopic (exact) mass is 400 g/mol. The third-order valence-corrected chi connectivity index (χ3v) is 5.16. The molecule has 0 saturated carbocycles. The van der Waals surface area contributed by atoms with Gasteiger partial charge in [0.15, 0.2) is 12.1 Å². The molecule has 158 valence electrons. The van der Waals surface area contributed by atoms with Crippen LogP contribution in [0.1, 0.15) is 33.3 Å². The van der Waals surface area contributed by atoms with Crippen molar-refractivity contribution in [3.63, 3.8) is 0 Å². The number of methoxy groups -OCH3 is 1. The molecule has 0 aromatic heterocycles. The molecule has 0 saturated heterocycles. The van der Waals surface area contributed by atoms with Crippen molar-refractivity contribution >= 4 is 12.3 Å². The van der Waals surface area contributed by atoms with Gasteiger partial charge in [0.1, 0.15) is 17.3 Å². The smallest absolute Gasteiger partial charge is 0.199 e. The van der Waals surface area contributed by atoms with Gasteiger partial charge in [-0.05, 0) is 37.5 Å². The highest BCUT2D eigenvalue weighted by Crippen LogP contribution is 2.25. The minimum absolute atomic E-state index is 0.0403. The summed E-state index contributed by atoms with van der Waals surface area (Å²) in [6, 6.07) is 8.14. The fraction of sp³-hybridized carbons (Fsp3) is 0.524. The van der Waals surface area contributed by atoms with Crippen molar-refractivity contribution in [2.45, 2.75) is 52.5 Å². The Balaban J connectivity index is 1.78. The fourth-order valence-electron chi connectivity index (χ4n) is 3.21. The molecule has 0 fully saturated rings. The van der Waals surface area contributed by atoms with E-state index >= 15 is 0 Å². The highest BCUT2D eigenvalue weighted by atomic mass is 16.5. The molecule has 8 heteroatoms. The van der Waals surface area contributed by atoms with Gasteiger partial charge >= 0.3 is 0 Å². The Labute approximate surface area is 172 Å². The Hall–Kier alpha value is -2.74. The highest BCUT2D eigenvalue weighted by molar-refractivity contribution is 5.84. The average molecular weight is 401 g/mol. The molecule has 1 aromatic carbocycles. The number of guanidine groups is 1. The standard InChI is InChI=1S/C21H32N6O2/c1-13(2)17(11-28)24-21-25-19(18-20(26-21)27(12-23-18)14(3)4)22-10-15-6-8-16(29-5)9-7-15/h6-9,12-14,17,20,22,28H,10-11H2,1-5H3,(H2,24,25,26)/t17-,20?/m0/s1. The molecule has 2 aliphatic rings. The maximum Gasteiger partial charge on any atom is 0.199 e. The average Bonchev–Trinajstić information content (AvgIpc) is 3.14. The van der Waals surface area contributed by atoms with Crippen LogP contribution in [0.5, 0.6) is 5.75 Å². The van der Waals surface area contributed by atoms with Gasteiger partial charge in [-0.15, -0.1) is 0 Å². The van der Waals surface area contributed by atoms with E-state index < -0.39 is 0 Å². The van der Waals surface area contributed by atoms with Crippen LogP contribution in [-0.4, -0.2) is 54.3 Å². The number of fused-ring (bicyclic) bond motifs is 1. The Morgan fingerprint density at radius 1 is 1.21 bits per heavy atom. The Morgan fingerprint density at radius 3 is 2.52 bits per heavy atom. The molecule has 0 spiro atoms. The molecule has 29 heavy (non-hydrogen) atoms. The van der Waals surface area contributed by atoms with Gasteiger partial charge in [0, 0.05) is 12.6 Å². The van der Waals surface area contributed by atoms with Crippen molar-refractivity contribution in [1.82, 2.24) is 20.9 Å². The van der Waals surface area contributed by atoms with Crippen molar-refractivity contribution in [2.75, 3.05) is 13.7 Å². The number of aliphatic imine (C=N–C) groups is 2. The van der Waals surface area contributed by atoms with Crippen LogP contribution >= 0.6 is 0 Å². The summed E-state index contributed by atoms with van der Waals surface area (Å²) in [6.45, 7) is 9.06. The number of rotatable bonds is 8. The molecule has 0 amide bonds. The lowest BCUT2D eigenvalue weighted by molar-refractivity contribution is 0.224. The number of hydrogen-bond donors (Lipinski definition) is 4. The van der Waals surface area contributed by atoms with E-state index in [2.05, 4.69) is 53.5 Å². The van der Waals surface area contributed by atoms with Crippen LogP contribution in [0.15, 0.2) is 45.8 Å². The third-order valence-electron chi connectivity index (χ3n) is 5.16. The SMILES string of the molecule is COc1ccc(CNC2=C3N=CN(C(C)C)C3N=C(N[C@@H](CO)C(C)C)N2)cc1.